The topological polar surface area (TPSA) is 82.5 Å². The predicted molar refractivity (Wildman–Crippen MR) is 112 cm³/mol. The molecule has 1 aliphatic rings. The number of aliphatic hydroxyl groups is 1. The van der Waals surface area contributed by atoms with Crippen LogP contribution in [0, 0.1) is 0 Å². The molecule has 1 fully saturated rings. The molecule has 2 heterocycles. The first kappa shape index (κ1) is 20.7. The van der Waals surface area contributed by atoms with E-state index in [0.29, 0.717) is 18.5 Å². The molecule has 3 atom stereocenters. The first-order chi connectivity index (χ1) is 14.1. The molecule has 1 aliphatic heterocycles. The van der Waals surface area contributed by atoms with Crippen LogP contribution in [-0.2, 0) is 4.79 Å². The molecule has 1 aromatic carbocycles. The van der Waals surface area contributed by atoms with Gasteiger partial charge in [0.15, 0.2) is 0 Å². The Hall–Kier alpha value is -2.99. The number of carbonyl (C=O) groups excluding carboxylic acids is 2. The van der Waals surface area contributed by atoms with Crippen LogP contribution >= 0.6 is 0 Å². The smallest absolute Gasteiger partial charge is 0.251 e. The lowest BCUT2D eigenvalue weighted by molar-refractivity contribution is -0.149. The molecule has 1 saturated heterocycles. The van der Waals surface area contributed by atoms with Gasteiger partial charge in [0.2, 0.25) is 5.91 Å². The van der Waals surface area contributed by atoms with Gasteiger partial charge in [-0.15, -0.1) is 0 Å². The van der Waals surface area contributed by atoms with E-state index in [0.717, 1.165) is 11.1 Å². The summed E-state index contributed by atoms with van der Waals surface area (Å²) in [5, 5.41) is 12.9. The lowest BCUT2D eigenvalue weighted by atomic mass is 9.74. The summed E-state index contributed by atoms with van der Waals surface area (Å²) in [6.45, 7) is 3.99. The predicted octanol–water partition coefficient (Wildman–Crippen LogP) is 2.61. The summed E-state index contributed by atoms with van der Waals surface area (Å²) in [4.78, 5) is 30.6. The molecule has 0 bridgehead atoms. The average molecular weight is 393 g/mol. The van der Waals surface area contributed by atoms with Gasteiger partial charge in [0.25, 0.3) is 5.91 Å². The zero-order chi connectivity index (χ0) is 20.8. The summed E-state index contributed by atoms with van der Waals surface area (Å²) in [6.07, 6.45) is 7.50. The van der Waals surface area contributed by atoms with Gasteiger partial charge in [-0.1, -0.05) is 43.3 Å². The Morgan fingerprint density at radius 2 is 1.83 bits per heavy atom. The molecule has 6 nitrogen and oxygen atoms in total. The normalized spacial score (nSPS) is 21.1. The van der Waals surface area contributed by atoms with Crippen LogP contribution in [0.25, 0.3) is 6.08 Å². The van der Waals surface area contributed by atoms with Crippen molar-refractivity contribution >= 4 is 17.9 Å². The fourth-order valence-electron chi connectivity index (χ4n) is 3.99. The summed E-state index contributed by atoms with van der Waals surface area (Å²) in [7, 11) is 0. The van der Waals surface area contributed by atoms with E-state index in [-0.39, 0.29) is 36.4 Å². The number of likely N-dealkylation sites (tertiary alicyclic amines) is 1. The minimum absolute atomic E-state index is 0.0194. The maximum absolute atomic E-state index is 12.5. The first-order valence-corrected chi connectivity index (χ1v) is 9.93. The van der Waals surface area contributed by atoms with Crippen molar-refractivity contribution in [2.75, 3.05) is 13.2 Å². The van der Waals surface area contributed by atoms with Crippen molar-refractivity contribution < 1.29 is 14.7 Å². The van der Waals surface area contributed by atoms with E-state index in [1.807, 2.05) is 50.3 Å². The van der Waals surface area contributed by atoms with E-state index in [9.17, 15) is 14.7 Å². The summed E-state index contributed by atoms with van der Waals surface area (Å²) in [5.74, 6) is -0.257. The van der Waals surface area contributed by atoms with E-state index in [4.69, 9.17) is 0 Å². The van der Waals surface area contributed by atoms with Crippen molar-refractivity contribution in [2.24, 2.45) is 0 Å². The number of nitrogens with zero attached hydrogens (tertiary/aromatic N) is 2. The fraction of sp³-hybridized carbons (Fsp3) is 0.348. The van der Waals surface area contributed by atoms with Gasteiger partial charge in [0.05, 0.1) is 18.7 Å². The molecule has 2 N–H and O–H groups in total. The Balaban J connectivity index is 1.80. The summed E-state index contributed by atoms with van der Waals surface area (Å²) in [5.41, 5.74) is 2.68. The number of aromatic nitrogens is 1. The third-order valence-corrected chi connectivity index (χ3v) is 5.42. The Bertz CT molecular complexity index is 865. The van der Waals surface area contributed by atoms with Crippen LogP contribution in [0.4, 0.5) is 0 Å². The molecular weight excluding hydrogens is 366 g/mol. The van der Waals surface area contributed by atoms with Crippen LogP contribution in [-0.4, -0.2) is 52.0 Å². The SMILES string of the molecule is C/C=C/c1ccc([C@H]2[C@@H](CO)N(C(=O)CC)[C@@H]2CNC(=O)c2ccncc2)cc1. The van der Waals surface area contributed by atoms with Gasteiger partial charge in [0, 0.05) is 36.8 Å². The Labute approximate surface area is 171 Å². The number of pyridine rings is 1. The van der Waals surface area contributed by atoms with Crippen molar-refractivity contribution in [3.8, 4) is 0 Å². The molecule has 152 valence electrons. The van der Waals surface area contributed by atoms with Crippen molar-refractivity contribution in [1.82, 2.24) is 15.2 Å². The number of hydrogen-bond donors (Lipinski definition) is 2. The quantitative estimate of drug-likeness (QED) is 0.758. The van der Waals surface area contributed by atoms with Gasteiger partial charge in [-0.05, 0) is 30.2 Å². The molecule has 29 heavy (non-hydrogen) atoms. The highest BCUT2D eigenvalue weighted by Gasteiger charge is 2.50. The Morgan fingerprint density at radius 3 is 2.41 bits per heavy atom. The number of benzene rings is 1. The fourth-order valence-corrected chi connectivity index (χ4v) is 3.99. The zero-order valence-electron chi connectivity index (χ0n) is 16.8. The van der Waals surface area contributed by atoms with Gasteiger partial charge < -0.3 is 15.3 Å². The summed E-state index contributed by atoms with van der Waals surface area (Å²) in [6, 6.07) is 11.0. The third kappa shape index (κ3) is 4.38. The average Bonchev–Trinajstić information content (AvgIpc) is 2.75. The van der Waals surface area contributed by atoms with Crippen LogP contribution in [0.1, 0.15) is 47.7 Å². The van der Waals surface area contributed by atoms with E-state index >= 15 is 0 Å². The highest BCUT2D eigenvalue weighted by molar-refractivity contribution is 5.94. The van der Waals surface area contributed by atoms with Gasteiger partial charge in [-0.3, -0.25) is 14.6 Å². The van der Waals surface area contributed by atoms with Crippen molar-refractivity contribution in [3.63, 3.8) is 0 Å². The number of nitrogens with one attached hydrogen (secondary N) is 1. The van der Waals surface area contributed by atoms with Crippen LogP contribution < -0.4 is 5.32 Å². The number of carbonyl (C=O) groups is 2. The standard InChI is InChI=1S/C23H27N3O3/c1-3-5-16-6-8-17(9-7-16)22-19(26(20(22)15-27)21(28)4-2)14-25-23(29)18-10-12-24-13-11-18/h3,5-13,19-20,22,27H,4,14-15H2,1-2H3,(H,25,29)/b5-3+/t19-,20-,22-/m1/s1. The second-order valence-electron chi connectivity index (χ2n) is 7.11. The molecule has 2 amide bonds. The molecule has 3 rings (SSSR count). The molecule has 0 radical (unpaired) electrons. The Kier molecular flexibility index (Phi) is 6.77. The second kappa shape index (κ2) is 9.47. The molecule has 1 aromatic heterocycles. The number of aliphatic hydroxyl groups excluding tert-OH is 1. The van der Waals surface area contributed by atoms with Gasteiger partial charge >= 0.3 is 0 Å². The summed E-state index contributed by atoms with van der Waals surface area (Å²) >= 11 is 0. The van der Waals surface area contributed by atoms with Crippen molar-refractivity contribution in [3.05, 3.63) is 71.6 Å². The molecule has 0 unspecified atom stereocenters. The Morgan fingerprint density at radius 1 is 1.14 bits per heavy atom. The number of allylic oxidation sites excluding steroid dienone is 1. The van der Waals surface area contributed by atoms with Crippen LogP contribution in [0.5, 0.6) is 0 Å². The number of amides is 2. The van der Waals surface area contributed by atoms with E-state index in [2.05, 4.69) is 10.3 Å². The lowest BCUT2D eigenvalue weighted by Crippen LogP contribution is -2.68. The van der Waals surface area contributed by atoms with Crippen LogP contribution in [0.15, 0.2) is 54.9 Å². The minimum Gasteiger partial charge on any atom is -0.394 e. The highest BCUT2D eigenvalue weighted by Crippen LogP contribution is 2.41. The van der Waals surface area contributed by atoms with E-state index in [1.165, 1.54) is 0 Å². The minimum atomic E-state index is -0.280. The van der Waals surface area contributed by atoms with Crippen molar-refractivity contribution in [1.29, 1.82) is 0 Å². The van der Waals surface area contributed by atoms with Gasteiger partial charge in [-0.25, -0.2) is 0 Å². The third-order valence-electron chi connectivity index (χ3n) is 5.42. The molecule has 6 heteroatoms. The van der Waals surface area contributed by atoms with Crippen molar-refractivity contribution in [2.45, 2.75) is 38.3 Å². The molecule has 2 aromatic rings. The second-order valence-corrected chi connectivity index (χ2v) is 7.11. The van der Waals surface area contributed by atoms with E-state index in [1.54, 1.807) is 29.4 Å². The van der Waals surface area contributed by atoms with Gasteiger partial charge in [-0.2, -0.15) is 0 Å². The maximum Gasteiger partial charge on any atom is 0.251 e. The monoisotopic (exact) mass is 393 g/mol. The summed E-state index contributed by atoms with van der Waals surface area (Å²) < 4.78 is 0. The zero-order valence-corrected chi connectivity index (χ0v) is 16.8. The lowest BCUT2D eigenvalue weighted by Gasteiger charge is -2.55. The van der Waals surface area contributed by atoms with Gasteiger partial charge in [0.1, 0.15) is 0 Å². The highest BCUT2D eigenvalue weighted by atomic mass is 16.3. The largest absolute Gasteiger partial charge is 0.394 e. The number of rotatable bonds is 7. The maximum atomic E-state index is 12.5. The molecule has 0 saturated carbocycles. The first-order valence-electron chi connectivity index (χ1n) is 9.93. The molecule has 0 aliphatic carbocycles. The van der Waals surface area contributed by atoms with E-state index < -0.39 is 0 Å². The van der Waals surface area contributed by atoms with Crippen LogP contribution in [0.2, 0.25) is 0 Å². The number of hydrogen-bond acceptors (Lipinski definition) is 4. The van der Waals surface area contributed by atoms with Crippen LogP contribution in [0.3, 0.4) is 0 Å². The molecule has 0 spiro atoms. The molecular formula is C23H27N3O3.